The Morgan fingerprint density at radius 1 is 1.44 bits per heavy atom. The van der Waals surface area contributed by atoms with Crippen LogP contribution in [0.2, 0.25) is 0 Å². The molecule has 5 heteroatoms. The van der Waals surface area contributed by atoms with Crippen LogP contribution in [0.4, 0.5) is 11.4 Å². The average molecular weight is 273 g/mol. The molecular weight excluding hydrogens is 252 g/mol. The smallest absolute Gasteiger partial charge is 0.226 e. The molecule has 0 spiro atoms. The zero-order valence-corrected chi connectivity index (χ0v) is 11.8. The van der Waals surface area contributed by atoms with Crippen molar-refractivity contribution in [2.24, 2.45) is 0 Å². The highest BCUT2D eigenvalue weighted by atomic mass is 35.5. The second-order valence-electron chi connectivity index (χ2n) is 4.29. The maximum absolute atomic E-state index is 11.6. The fourth-order valence-corrected chi connectivity index (χ4v) is 1.37. The quantitative estimate of drug-likeness (QED) is 0.810. The van der Waals surface area contributed by atoms with E-state index in [2.05, 4.69) is 5.32 Å². The minimum atomic E-state index is -0.0562. The molecule has 1 aromatic rings. The topological polar surface area (TPSA) is 64.3 Å². The van der Waals surface area contributed by atoms with Crippen molar-refractivity contribution in [3.05, 3.63) is 23.8 Å². The van der Waals surface area contributed by atoms with Crippen LogP contribution < -0.4 is 11.1 Å². The van der Waals surface area contributed by atoms with E-state index in [4.69, 9.17) is 10.5 Å². The van der Waals surface area contributed by atoms with E-state index in [-0.39, 0.29) is 24.4 Å². The molecule has 0 radical (unpaired) electrons. The summed E-state index contributed by atoms with van der Waals surface area (Å²) in [5, 5.41) is 2.83. The number of ether oxygens (including phenoxy) is 1. The van der Waals surface area contributed by atoms with E-state index in [1.165, 1.54) is 0 Å². The molecule has 1 amide bonds. The van der Waals surface area contributed by atoms with E-state index in [1.807, 2.05) is 32.9 Å². The fourth-order valence-electron chi connectivity index (χ4n) is 1.37. The second kappa shape index (κ2) is 7.95. The highest BCUT2D eigenvalue weighted by Gasteiger charge is 2.05. The molecule has 0 fully saturated rings. The van der Waals surface area contributed by atoms with E-state index in [0.29, 0.717) is 18.7 Å². The Morgan fingerprint density at radius 3 is 2.72 bits per heavy atom. The number of benzene rings is 1. The molecule has 0 unspecified atom stereocenters. The van der Waals surface area contributed by atoms with E-state index in [9.17, 15) is 4.79 Å². The lowest BCUT2D eigenvalue weighted by Gasteiger charge is -2.10. The first-order valence-corrected chi connectivity index (χ1v) is 5.76. The first-order chi connectivity index (χ1) is 7.99. The van der Waals surface area contributed by atoms with Crippen molar-refractivity contribution in [2.75, 3.05) is 17.7 Å². The first kappa shape index (κ1) is 16.7. The average Bonchev–Trinajstić information content (AvgIpc) is 2.23. The number of amides is 1. The highest BCUT2D eigenvalue weighted by Crippen LogP contribution is 2.18. The Bertz CT molecular complexity index is 395. The van der Waals surface area contributed by atoms with Crippen molar-refractivity contribution in [3.8, 4) is 0 Å². The lowest BCUT2D eigenvalue weighted by atomic mass is 10.2. The van der Waals surface area contributed by atoms with Crippen LogP contribution in [-0.4, -0.2) is 18.6 Å². The summed E-state index contributed by atoms with van der Waals surface area (Å²) in [6.07, 6.45) is 0.504. The Labute approximate surface area is 114 Å². The third kappa shape index (κ3) is 5.89. The summed E-state index contributed by atoms with van der Waals surface area (Å²) in [5.41, 5.74) is 8.07. The van der Waals surface area contributed by atoms with Gasteiger partial charge in [0.25, 0.3) is 0 Å². The zero-order chi connectivity index (χ0) is 12.8. The summed E-state index contributed by atoms with van der Waals surface area (Å²) in [4.78, 5) is 11.6. The Balaban J connectivity index is 0.00000289. The number of hydrogen-bond donors (Lipinski definition) is 2. The molecule has 4 nitrogen and oxygen atoms in total. The second-order valence-corrected chi connectivity index (χ2v) is 4.29. The van der Waals surface area contributed by atoms with Crippen LogP contribution in [0.1, 0.15) is 25.8 Å². The molecule has 0 bridgehead atoms. The van der Waals surface area contributed by atoms with E-state index < -0.39 is 0 Å². The van der Waals surface area contributed by atoms with Gasteiger partial charge in [0, 0.05) is 11.4 Å². The molecule has 1 rings (SSSR count). The molecule has 0 saturated heterocycles. The molecule has 0 aliphatic heterocycles. The van der Waals surface area contributed by atoms with Crippen molar-refractivity contribution in [1.29, 1.82) is 0 Å². The number of nitrogen functional groups attached to an aromatic ring is 1. The predicted molar refractivity (Wildman–Crippen MR) is 77.2 cm³/mol. The van der Waals surface area contributed by atoms with Crippen LogP contribution in [0.25, 0.3) is 0 Å². The number of aryl methyl sites for hydroxylation is 1. The van der Waals surface area contributed by atoms with E-state index in [0.717, 1.165) is 11.3 Å². The number of rotatable bonds is 5. The van der Waals surface area contributed by atoms with Crippen molar-refractivity contribution < 1.29 is 9.53 Å². The summed E-state index contributed by atoms with van der Waals surface area (Å²) >= 11 is 0. The van der Waals surface area contributed by atoms with Gasteiger partial charge in [0.15, 0.2) is 0 Å². The Kier molecular flexibility index (Phi) is 7.39. The normalized spacial score (nSPS) is 10.0. The maximum Gasteiger partial charge on any atom is 0.226 e. The van der Waals surface area contributed by atoms with Gasteiger partial charge < -0.3 is 15.8 Å². The van der Waals surface area contributed by atoms with Crippen LogP contribution >= 0.6 is 12.4 Å². The van der Waals surface area contributed by atoms with Gasteiger partial charge in [0.2, 0.25) is 5.91 Å². The standard InChI is InChI=1S/C13H20N2O2.ClH/c1-9(2)17-7-6-13(16)15-12-8-11(14)5-4-10(12)3;/h4-5,8-9H,6-7,14H2,1-3H3,(H,15,16);1H. The molecule has 3 N–H and O–H groups in total. The number of hydrogen-bond acceptors (Lipinski definition) is 3. The highest BCUT2D eigenvalue weighted by molar-refractivity contribution is 5.92. The fraction of sp³-hybridized carbons (Fsp3) is 0.462. The lowest BCUT2D eigenvalue weighted by molar-refractivity contribution is -0.117. The number of nitrogens with two attached hydrogens (primary N) is 1. The molecule has 0 saturated carbocycles. The largest absolute Gasteiger partial charge is 0.399 e. The van der Waals surface area contributed by atoms with Gasteiger partial charge in [0.1, 0.15) is 0 Å². The number of carbonyl (C=O) groups excluding carboxylic acids is 1. The van der Waals surface area contributed by atoms with Crippen LogP contribution in [0.3, 0.4) is 0 Å². The molecule has 0 aliphatic carbocycles. The number of nitrogens with one attached hydrogen (secondary N) is 1. The molecular formula is C13H21ClN2O2. The van der Waals surface area contributed by atoms with Gasteiger partial charge in [-0.25, -0.2) is 0 Å². The minimum absolute atomic E-state index is 0. The van der Waals surface area contributed by atoms with Gasteiger partial charge in [0.05, 0.1) is 19.1 Å². The molecule has 0 heterocycles. The van der Waals surface area contributed by atoms with Gasteiger partial charge >= 0.3 is 0 Å². The van der Waals surface area contributed by atoms with Crippen LogP contribution in [-0.2, 0) is 9.53 Å². The third-order valence-electron chi connectivity index (χ3n) is 2.32. The number of anilines is 2. The summed E-state index contributed by atoms with van der Waals surface area (Å²) in [6, 6.07) is 5.46. The summed E-state index contributed by atoms with van der Waals surface area (Å²) < 4.78 is 5.32. The Hall–Kier alpha value is -1.26. The van der Waals surface area contributed by atoms with Gasteiger partial charge in [-0.3, -0.25) is 4.79 Å². The van der Waals surface area contributed by atoms with Crippen molar-refractivity contribution in [2.45, 2.75) is 33.3 Å². The van der Waals surface area contributed by atoms with Crippen molar-refractivity contribution in [1.82, 2.24) is 0 Å². The monoisotopic (exact) mass is 272 g/mol. The summed E-state index contributed by atoms with van der Waals surface area (Å²) in [7, 11) is 0. The van der Waals surface area contributed by atoms with Gasteiger partial charge in [-0.15, -0.1) is 12.4 Å². The molecule has 0 atom stereocenters. The molecule has 102 valence electrons. The summed E-state index contributed by atoms with van der Waals surface area (Å²) in [6.45, 7) is 6.25. The van der Waals surface area contributed by atoms with Crippen LogP contribution in [0.5, 0.6) is 0 Å². The SMILES string of the molecule is Cc1ccc(N)cc1NC(=O)CCOC(C)C.Cl. The van der Waals surface area contributed by atoms with Gasteiger partial charge in [-0.2, -0.15) is 0 Å². The van der Waals surface area contributed by atoms with Crippen molar-refractivity contribution in [3.63, 3.8) is 0 Å². The van der Waals surface area contributed by atoms with Gasteiger partial charge in [-0.1, -0.05) is 6.07 Å². The van der Waals surface area contributed by atoms with Crippen LogP contribution in [0.15, 0.2) is 18.2 Å². The number of halogens is 1. The van der Waals surface area contributed by atoms with E-state index >= 15 is 0 Å². The summed E-state index contributed by atoms with van der Waals surface area (Å²) in [5.74, 6) is -0.0562. The minimum Gasteiger partial charge on any atom is -0.399 e. The van der Waals surface area contributed by atoms with Gasteiger partial charge in [-0.05, 0) is 38.5 Å². The van der Waals surface area contributed by atoms with E-state index in [1.54, 1.807) is 6.07 Å². The molecule has 18 heavy (non-hydrogen) atoms. The zero-order valence-electron chi connectivity index (χ0n) is 11.0. The molecule has 0 aliphatic rings. The molecule has 0 aromatic heterocycles. The van der Waals surface area contributed by atoms with Crippen molar-refractivity contribution >= 4 is 29.7 Å². The number of carbonyl (C=O) groups is 1. The lowest BCUT2D eigenvalue weighted by Crippen LogP contribution is -2.16. The van der Waals surface area contributed by atoms with Crippen LogP contribution in [0, 0.1) is 6.92 Å². The third-order valence-corrected chi connectivity index (χ3v) is 2.32. The first-order valence-electron chi connectivity index (χ1n) is 5.76. The Morgan fingerprint density at radius 2 is 2.11 bits per heavy atom. The molecule has 1 aromatic carbocycles. The predicted octanol–water partition coefficient (Wildman–Crippen LogP) is 2.75. The maximum atomic E-state index is 11.6.